The molecule has 0 bridgehead atoms. The van der Waals surface area contributed by atoms with Gasteiger partial charge in [0.15, 0.2) is 11.6 Å². The molecule has 0 atom stereocenters. The Morgan fingerprint density at radius 1 is 0.867 bits per heavy atom. The van der Waals surface area contributed by atoms with Crippen LogP contribution in [0.5, 0.6) is 11.5 Å². The molecule has 13 heteroatoms. The Morgan fingerprint density at radius 2 is 1.58 bits per heavy atom. The van der Waals surface area contributed by atoms with Crippen LogP contribution < -0.4 is 29.7 Å². The number of halogens is 1. The van der Waals surface area contributed by atoms with Gasteiger partial charge in [0.25, 0.3) is 0 Å². The number of nitrogens with one attached hydrogen (secondary N) is 3. The Labute approximate surface area is 267 Å². The number of nitrogens with zero attached hydrogens (tertiary/aromatic N) is 3. The number of thiol groups is 1. The van der Waals surface area contributed by atoms with Gasteiger partial charge in [0.2, 0.25) is 16.8 Å². The topological polar surface area (TPSA) is 135 Å². The average molecular weight is 647 g/mol. The van der Waals surface area contributed by atoms with E-state index in [2.05, 4.69) is 20.9 Å². The van der Waals surface area contributed by atoms with Crippen molar-refractivity contribution in [3.63, 3.8) is 0 Å². The molecule has 0 spiro atoms. The third-order valence-electron chi connectivity index (χ3n) is 6.76. The van der Waals surface area contributed by atoms with Crippen LogP contribution in [-0.4, -0.2) is 45.1 Å². The van der Waals surface area contributed by atoms with Crippen molar-refractivity contribution in [3.05, 3.63) is 101 Å². The molecule has 3 N–H and O–H groups in total. The maximum atomic E-state index is 12.8. The van der Waals surface area contributed by atoms with Crippen molar-refractivity contribution in [2.75, 3.05) is 35.7 Å². The minimum atomic E-state index is -3.25. The van der Waals surface area contributed by atoms with Crippen LogP contribution in [0.2, 0.25) is 5.02 Å². The molecular weight excluding hydrogens is 616 g/mol. The zero-order valence-corrected chi connectivity index (χ0v) is 26.4. The maximum absolute atomic E-state index is 12.8. The summed E-state index contributed by atoms with van der Waals surface area (Å²) in [5.41, 5.74) is 4.17. The van der Waals surface area contributed by atoms with Crippen LogP contribution in [0, 0.1) is 6.92 Å². The summed E-state index contributed by atoms with van der Waals surface area (Å²) in [6.07, 6.45) is 0. The minimum Gasteiger partial charge on any atom is -0.497 e. The van der Waals surface area contributed by atoms with Crippen molar-refractivity contribution in [2.24, 2.45) is 0 Å². The molecule has 0 aliphatic carbocycles. The first-order valence-corrected chi connectivity index (χ1v) is 15.3. The number of amides is 1. The summed E-state index contributed by atoms with van der Waals surface area (Å²) < 4.78 is 37.4. The lowest BCUT2D eigenvalue weighted by molar-refractivity contribution is -0.115. The number of hydrogen-bond donors (Lipinski definition) is 4. The van der Waals surface area contributed by atoms with E-state index in [9.17, 15) is 13.2 Å². The second kappa shape index (κ2) is 14.2. The number of carbonyl (C=O) groups is 1. The van der Waals surface area contributed by atoms with E-state index in [0.29, 0.717) is 45.5 Å². The Morgan fingerprint density at radius 3 is 2.24 bits per heavy atom. The van der Waals surface area contributed by atoms with E-state index in [-0.39, 0.29) is 29.8 Å². The molecule has 5 aromatic rings. The number of rotatable bonds is 12. The number of methoxy groups -OCH3 is 2. The molecule has 0 aliphatic heterocycles. The number of hydrogen-bond acceptors (Lipinski definition) is 9. The lowest BCUT2D eigenvalue weighted by Crippen LogP contribution is -2.27. The first kappa shape index (κ1) is 31.5. The van der Waals surface area contributed by atoms with E-state index >= 15 is 0 Å². The molecule has 0 radical (unpaired) electrons. The highest BCUT2D eigenvalue weighted by molar-refractivity contribution is 7.74. The standard InChI is InChI=1S/C32H31ClN6O5S/c1-20-11-12-21(13-27(20)33)18-34-19-30(40)35-22-7-6-8-24(14-22)39(45(41)42)32-31(37-28-9-4-5-10-29(28)38-32)36-23-15-25(43-2)17-26(16-23)44-3/h4-17,34,45H,18-19H2,1-3H3,(H,35,40)(H,36,37). The predicted molar refractivity (Wildman–Crippen MR) is 178 cm³/mol. The molecule has 4 aromatic carbocycles. The summed E-state index contributed by atoms with van der Waals surface area (Å²) in [7, 11) is -0.182. The van der Waals surface area contributed by atoms with Crippen LogP contribution in [0.15, 0.2) is 84.9 Å². The molecule has 1 aromatic heterocycles. The first-order chi connectivity index (χ1) is 21.7. The number of carbonyl (C=O) groups excluding carboxylic acids is 1. The third kappa shape index (κ3) is 7.79. The first-order valence-electron chi connectivity index (χ1n) is 13.8. The van der Waals surface area contributed by atoms with Crippen molar-refractivity contribution in [3.8, 4) is 11.5 Å². The van der Waals surface area contributed by atoms with Crippen molar-refractivity contribution >= 4 is 68.1 Å². The molecule has 0 fully saturated rings. The van der Waals surface area contributed by atoms with Gasteiger partial charge in [-0.15, -0.1) is 0 Å². The minimum absolute atomic E-state index is 0.0312. The molecule has 1 amide bonds. The van der Waals surface area contributed by atoms with Crippen LogP contribution in [0.3, 0.4) is 0 Å². The predicted octanol–water partition coefficient (Wildman–Crippen LogP) is 5.75. The third-order valence-corrected chi connectivity index (χ3v) is 7.91. The van der Waals surface area contributed by atoms with Crippen molar-refractivity contribution in [2.45, 2.75) is 13.5 Å². The van der Waals surface area contributed by atoms with E-state index in [1.807, 2.05) is 31.2 Å². The lowest BCUT2D eigenvalue weighted by Gasteiger charge is -2.21. The largest absolute Gasteiger partial charge is 0.497 e. The second-order valence-electron chi connectivity index (χ2n) is 9.95. The molecule has 11 nitrogen and oxygen atoms in total. The Kier molecular flexibility index (Phi) is 9.98. The van der Waals surface area contributed by atoms with Gasteiger partial charge in [0.1, 0.15) is 11.5 Å². The van der Waals surface area contributed by atoms with Crippen molar-refractivity contribution in [1.29, 1.82) is 0 Å². The summed E-state index contributed by atoms with van der Waals surface area (Å²) in [6.45, 7) is 2.41. The van der Waals surface area contributed by atoms with E-state index in [1.165, 1.54) is 14.2 Å². The second-order valence-corrected chi connectivity index (χ2v) is 11.2. The van der Waals surface area contributed by atoms with Gasteiger partial charge in [0, 0.05) is 41.1 Å². The Hall–Kier alpha value is -4.91. The molecule has 1 heterocycles. The highest BCUT2D eigenvalue weighted by atomic mass is 35.5. The SMILES string of the molecule is COc1cc(Nc2nc3ccccc3nc2N(c2cccc(NC(=O)CNCc3ccc(C)c(Cl)c3)c2)[SH](=O)=O)cc(OC)c1. The zero-order valence-electron chi connectivity index (χ0n) is 24.7. The fourth-order valence-electron chi connectivity index (χ4n) is 4.52. The van der Waals surface area contributed by atoms with E-state index < -0.39 is 10.9 Å². The number of ether oxygens (including phenoxy) is 2. The van der Waals surface area contributed by atoms with Gasteiger partial charge in [-0.05, 0) is 54.4 Å². The normalized spacial score (nSPS) is 11.0. The summed E-state index contributed by atoms with van der Waals surface area (Å²) in [6, 6.07) is 24.5. The number of aromatic nitrogens is 2. The molecule has 232 valence electrons. The van der Waals surface area contributed by atoms with Gasteiger partial charge < -0.3 is 25.4 Å². The highest BCUT2D eigenvalue weighted by Crippen LogP contribution is 2.35. The summed E-state index contributed by atoms with van der Waals surface area (Å²) in [4.78, 5) is 22.1. The smallest absolute Gasteiger partial charge is 0.238 e. The molecule has 45 heavy (non-hydrogen) atoms. The lowest BCUT2D eigenvalue weighted by atomic mass is 10.1. The fourth-order valence-corrected chi connectivity index (χ4v) is 5.33. The van der Waals surface area contributed by atoms with Gasteiger partial charge >= 0.3 is 0 Å². The number of anilines is 5. The van der Waals surface area contributed by atoms with Crippen LogP contribution in [0.25, 0.3) is 11.0 Å². The van der Waals surface area contributed by atoms with Crippen LogP contribution in [-0.2, 0) is 22.2 Å². The molecule has 0 saturated heterocycles. The number of para-hydroxylation sites is 2. The fraction of sp³-hybridized carbons (Fsp3) is 0.156. The molecule has 0 unspecified atom stereocenters. The highest BCUT2D eigenvalue weighted by Gasteiger charge is 2.21. The van der Waals surface area contributed by atoms with E-state index in [0.717, 1.165) is 15.4 Å². The summed E-state index contributed by atoms with van der Waals surface area (Å²) in [5.74, 6) is 0.966. The Bertz CT molecular complexity index is 1910. The van der Waals surface area contributed by atoms with Gasteiger partial charge in [-0.2, -0.15) is 0 Å². The quantitative estimate of drug-likeness (QED) is 0.125. The van der Waals surface area contributed by atoms with Gasteiger partial charge in [0.05, 0.1) is 37.5 Å². The van der Waals surface area contributed by atoms with Crippen LogP contribution in [0.4, 0.5) is 28.7 Å². The van der Waals surface area contributed by atoms with E-state index in [4.69, 9.17) is 26.1 Å². The average Bonchev–Trinajstić information content (AvgIpc) is 3.03. The number of fused-ring (bicyclic) bond motifs is 1. The monoisotopic (exact) mass is 646 g/mol. The Balaban J connectivity index is 1.42. The summed E-state index contributed by atoms with van der Waals surface area (Å²) in [5, 5.41) is 9.75. The number of aryl methyl sites for hydroxylation is 1. The van der Waals surface area contributed by atoms with Crippen molar-refractivity contribution < 1.29 is 22.7 Å². The maximum Gasteiger partial charge on any atom is 0.238 e. The molecule has 0 saturated carbocycles. The molecule has 5 rings (SSSR count). The van der Waals surface area contributed by atoms with Crippen molar-refractivity contribution in [1.82, 2.24) is 15.3 Å². The summed E-state index contributed by atoms with van der Waals surface area (Å²) >= 11 is 6.20. The van der Waals surface area contributed by atoms with Gasteiger partial charge in [-0.1, -0.05) is 41.9 Å². The molecular formula is C32H31ClN6O5S. The van der Waals surface area contributed by atoms with Crippen LogP contribution >= 0.6 is 11.6 Å². The van der Waals surface area contributed by atoms with Gasteiger partial charge in [-0.3, -0.25) is 4.79 Å². The van der Waals surface area contributed by atoms with Gasteiger partial charge in [-0.25, -0.2) is 22.7 Å². The zero-order chi connectivity index (χ0) is 31.9. The van der Waals surface area contributed by atoms with E-state index in [1.54, 1.807) is 60.7 Å². The van der Waals surface area contributed by atoms with Crippen LogP contribution in [0.1, 0.15) is 11.1 Å². The number of benzene rings is 4. The molecule has 0 aliphatic rings.